The van der Waals surface area contributed by atoms with Crippen LogP contribution in [0.15, 0.2) is 22.9 Å². The lowest BCUT2D eigenvalue weighted by atomic mass is 10.1. The number of aromatic nitrogens is 1. The fourth-order valence-corrected chi connectivity index (χ4v) is 1.36. The molecule has 84 valence electrons. The molecular weight excluding hydrogens is 218 g/mol. The van der Waals surface area contributed by atoms with E-state index in [1.54, 1.807) is 0 Å². The Morgan fingerprint density at radius 1 is 1.31 bits per heavy atom. The van der Waals surface area contributed by atoms with Crippen LogP contribution in [0.1, 0.15) is 0 Å². The summed E-state index contributed by atoms with van der Waals surface area (Å²) < 4.78 is 36.2. The van der Waals surface area contributed by atoms with Crippen molar-refractivity contribution >= 4 is 5.88 Å². The SMILES string of the molecule is COc1cc(F)cc(-c2cnoc2N)c1F. The van der Waals surface area contributed by atoms with Gasteiger partial charge in [-0.3, -0.25) is 0 Å². The highest BCUT2D eigenvalue weighted by molar-refractivity contribution is 5.73. The van der Waals surface area contributed by atoms with Crippen LogP contribution in [0.4, 0.5) is 14.7 Å². The maximum absolute atomic E-state index is 13.8. The summed E-state index contributed by atoms with van der Waals surface area (Å²) in [6.45, 7) is 0. The van der Waals surface area contributed by atoms with E-state index < -0.39 is 11.6 Å². The third-order valence-electron chi connectivity index (χ3n) is 2.11. The molecule has 0 bridgehead atoms. The Hall–Kier alpha value is -2.11. The van der Waals surface area contributed by atoms with Gasteiger partial charge in [-0.1, -0.05) is 5.16 Å². The predicted molar refractivity (Wildman–Crippen MR) is 52.8 cm³/mol. The molecule has 16 heavy (non-hydrogen) atoms. The van der Waals surface area contributed by atoms with Crippen LogP contribution >= 0.6 is 0 Å². The van der Waals surface area contributed by atoms with Gasteiger partial charge < -0.3 is 15.0 Å². The maximum atomic E-state index is 13.8. The number of rotatable bonds is 2. The highest BCUT2D eigenvalue weighted by Crippen LogP contribution is 2.33. The fraction of sp³-hybridized carbons (Fsp3) is 0.100. The molecule has 0 unspecified atom stereocenters. The molecule has 2 rings (SSSR count). The van der Waals surface area contributed by atoms with Gasteiger partial charge in [0.2, 0.25) is 5.88 Å². The highest BCUT2D eigenvalue weighted by atomic mass is 19.1. The molecule has 1 aromatic carbocycles. The summed E-state index contributed by atoms with van der Waals surface area (Å²) in [7, 11) is 1.25. The summed E-state index contributed by atoms with van der Waals surface area (Å²) in [4.78, 5) is 0. The molecule has 1 aromatic heterocycles. The Morgan fingerprint density at radius 2 is 2.06 bits per heavy atom. The Kier molecular flexibility index (Phi) is 2.47. The zero-order valence-corrected chi connectivity index (χ0v) is 8.33. The van der Waals surface area contributed by atoms with Crippen LogP contribution in [0.2, 0.25) is 0 Å². The molecule has 0 radical (unpaired) electrons. The van der Waals surface area contributed by atoms with Gasteiger partial charge in [-0.15, -0.1) is 0 Å². The van der Waals surface area contributed by atoms with Gasteiger partial charge in [-0.05, 0) is 6.07 Å². The number of halogens is 2. The van der Waals surface area contributed by atoms with Crippen LogP contribution < -0.4 is 10.5 Å². The Morgan fingerprint density at radius 3 is 2.62 bits per heavy atom. The van der Waals surface area contributed by atoms with Crippen molar-refractivity contribution in [1.82, 2.24) is 5.16 Å². The van der Waals surface area contributed by atoms with Crippen LogP contribution in [0.25, 0.3) is 11.1 Å². The van der Waals surface area contributed by atoms with Crippen LogP contribution in [0.3, 0.4) is 0 Å². The minimum atomic E-state index is -0.709. The third kappa shape index (κ3) is 1.58. The van der Waals surface area contributed by atoms with E-state index in [4.69, 9.17) is 10.5 Å². The van der Waals surface area contributed by atoms with Crippen LogP contribution in [-0.4, -0.2) is 12.3 Å². The van der Waals surface area contributed by atoms with Gasteiger partial charge in [0.25, 0.3) is 0 Å². The summed E-state index contributed by atoms with van der Waals surface area (Å²) in [5, 5.41) is 3.39. The van der Waals surface area contributed by atoms with Crippen molar-refractivity contribution in [2.45, 2.75) is 0 Å². The van der Waals surface area contributed by atoms with Gasteiger partial charge in [-0.2, -0.15) is 0 Å². The van der Waals surface area contributed by atoms with Crippen molar-refractivity contribution in [2.24, 2.45) is 0 Å². The summed E-state index contributed by atoms with van der Waals surface area (Å²) in [6.07, 6.45) is 1.21. The smallest absolute Gasteiger partial charge is 0.230 e. The van der Waals surface area contributed by atoms with Crippen molar-refractivity contribution in [2.75, 3.05) is 12.8 Å². The number of nitrogens with two attached hydrogens (primary N) is 1. The van der Waals surface area contributed by atoms with E-state index in [2.05, 4.69) is 9.68 Å². The molecular formula is C10H8F2N2O2. The summed E-state index contributed by atoms with van der Waals surface area (Å²) >= 11 is 0. The minimum Gasteiger partial charge on any atom is -0.494 e. The minimum absolute atomic E-state index is 0.0457. The molecule has 0 fully saturated rings. The van der Waals surface area contributed by atoms with Crippen molar-refractivity contribution < 1.29 is 18.0 Å². The standard InChI is InChI=1S/C10H8F2N2O2/c1-15-8-3-5(11)2-6(9(8)12)7-4-14-16-10(7)13/h2-4H,13H2,1H3. The first kappa shape index (κ1) is 10.4. The number of hydrogen-bond acceptors (Lipinski definition) is 4. The second-order valence-electron chi connectivity index (χ2n) is 3.07. The van der Waals surface area contributed by atoms with E-state index in [-0.39, 0.29) is 22.8 Å². The largest absolute Gasteiger partial charge is 0.494 e. The monoisotopic (exact) mass is 226 g/mol. The highest BCUT2D eigenvalue weighted by Gasteiger charge is 2.17. The zero-order chi connectivity index (χ0) is 11.7. The average molecular weight is 226 g/mol. The summed E-state index contributed by atoms with van der Waals surface area (Å²) in [5.74, 6) is -1.62. The van der Waals surface area contributed by atoms with E-state index in [1.807, 2.05) is 0 Å². The van der Waals surface area contributed by atoms with Crippen LogP contribution in [-0.2, 0) is 0 Å². The van der Waals surface area contributed by atoms with Crippen LogP contribution in [0.5, 0.6) is 5.75 Å². The van der Waals surface area contributed by atoms with Gasteiger partial charge in [0.1, 0.15) is 5.82 Å². The Bertz CT molecular complexity index is 526. The van der Waals surface area contributed by atoms with Crippen molar-refractivity contribution in [3.8, 4) is 16.9 Å². The van der Waals surface area contributed by atoms with Crippen molar-refractivity contribution in [3.63, 3.8) is 0 Å². The number of nitrogen functional groups attached to an aromatic ring is 1. The molecule has 0 atom stereocenters. The molecule has 0 aliphatic rings. The first-order valence-corrected chi connectivity index (χ1v) is 4.37. The normalized spacial score (nSPS) is 10.4. The van der Waals surface area contributed by atoms with Gasteiger partial charge in [-0.25, -0.2) is 8.78 Å². The number of hydrogen-bond donors (Lipinski definition) is 1. The molecule has 0 spiro atoms. The number of benzene rings is 1. The molecule has 0 saturated carbocycles. The lowest BCUT2D eigenvalue weighted by Gasteiger charge is -2.06. The second-order valence-corrected chi connectivity index (χ2v) is 3.07. The van der Waals surface area contributed by atoms with Crippen molar-refractivity contribution in [1.29, 1.82) is 0 Å². The number of methoxy groups -OCH3 is 1. The molecule has 0 aliphatic carbocycles. The Labute approximate surface area is 89.6 Å². The van der Waals surface area contributed by atoms with Crippen LogP contribution in [0, 0.1) is 11.6 Å². The van der Waals surface area contributed by atoms with Gasteiger partial charge in [0, 0.05) is 11.6 Å². The van der Waals surface area contributed by atoms with E-state index in [9.17, 15) is 8.78 Å². The molecule has 0 aliphatic heterocycles. The van der Waals surface area contributed by atoms with Gasteiger partial charge >= 0.3 is 0 Å². The molecule has 2 aromatic rings. The molecule has 1 heterocycles. The Balaban J connectivity index is 2.65. The van der Waals surface area contributed by atoms with E-state index in [0.717, 1.165) is 12.1 Å². The summed E-state index contributed by atoms with van der Waals surface area (Å²) in [6, 6.07) is 1.95. The van der Waals surface area contributed by atoms with Gasteiger partial charge in [0.05, 0.1) is 18.9 Å². The molecule has 2 N–H and O–H groups in total. The molecule has 0 saturated heterocycles. The first-order valence-electron chi connectivity index (χ1n) is 4.37. The number of anilines is 1. The fourth-order valence-electron chi connectivity index (χ4n) is 1.36. The van der Waals surface area contributed by atoms with Gasteiger partial charge in [0.15, 0.2) is 11.6 Å². The van der Waals surface area contributed by atoms with E-state index in [1.165, 1.54) is 13.3 Å². The van der Waals surface area contributed by atoms with Crippen molar-refractivity contribution in [3.05, 3.63) is 30.0 Å². The second kappa shape index (κ2) is 3.80. The molecule has 6 heteroatoms. The van der Waals surface area contributed by atoms with E-state index in [0.29, 0.717) is 0 Å². The number of ether oxygens (including phenoxy) is 1. The zero-order valence-electron chi connectivity index (χ0n) is 8.33. The average Bonchev–Trinajstić information content (AvgIpc) is 2.67. The maximum Gasteiger partial charge on any atom is 0.230 e. The quantitative estimate of drug-likeness (QED) is 0.852. The predicted octanol–water partition coefficient (Wildman–Crippen LogP) is 2.21. The summed E-state index contributed by atoms with van der Waals surface area (Å²) in [5.41, 5.74) is 5.57. The molecule has 0 amide bonds. The lowest BCUT2D eigenvalue weighted by molar-refractivity contribution is 0.383. The topological polar surface area (TPSA) is 61.3 Å². The third-order valence-corrected chi connectivity index (χ3v) is 2.11. The lowest BCUT2D eigenvalue weighted by Crippen LogP contribution is -1.94. The molecule has 4 nitrogen and oxygen atoms in total. The number of nitrogens with zero attached hydrogens (tertiary/aromatic N) is 1. The first-order chi connectivity index (χ1) is 7.63. The van der Waals surface area contributed by atoms with E-state index >= 15 is 0 Å².